The first-order chi connectivity index (χ1) is 7.95. The Hall–Kier alpha value is -0.610. The first-order valence-electron chi connectivity index (χ1n) is 6.66. The Morgan fingerprint density at radius 3 is 2.82 bits per heavy atom. The zero-order valence-electron chi connectivity index (χ0n) is 11.3. The van der Waals surface area contributed by atoms with Crippen LogP contribution in [0.4, 0.5) is 0 Å². The van der Waals surface area contributed by atoms with Crippen molar-refractivity contribution < 1.29 is 9.90 Å². The molecular weight excluding hydrogens is 216 g/mol. The summed E-state index contributed by atoms with van der Waals surface area (Å²) in [6.07, 6.45) is 3.67. The van der Waals surface area contributed by atoms with E-state index < -0.39 is 5.97 Å². The Morgan fingerprint density at radius 1 is 1.53 bits per heavy atom. The van der Waals surface area contributed by atoms with E-state index in [1.165, 1.54) is 12.8 Å². The summed E-state index contributed by atoms with van der Waals surface area (Å²) in [7, 11) is 0. The van der Waals surface area contributed by atoms with Crippen LogP contribution in [0.15, 0.2) is 0 Å². The summed E-state index contributed by atoms with van der Waals surface area (Å²) in [4.78, 5) is 13.3. The lowest BCUT2D eigenvalue weighted by molar-refractivity contribution is -0.137. The van der Waals surface area contributed by atoms with E-state index >= 15 is 0 Å². The van der Waals surface area contributed by atoms with E-state index in [1.54, 1.807) is 0 Å². The number of unbranched alkanes of at least 4 members (excludes halogenated alkanes) is 1. The van der Waals surface area contributed by atoms with Crippen LogP contribution in [-0.4, -0.2) is 47.2 Å². The summed E-state index contributed by atoms with van der Waals surface area (Å²) in [5, 5.41) is 12.2. The summed E-state index contributed by atoms with van der Waals surface area (Å²) in [6.45, 7) is 9.53. The van der Waals surface area contributed by atoms with E-state index in [-0.39, 0.29) is 18.0 Å². The maximum Gasteiger partial charge on any atom is 0.304 e. The van der Waals surface area contributed by atoms with Gasteiger partial charge in [-0.2, -0.15) is 0 Å². The number of rotatable bonds is 5. The molecule has 1 fully saturated rings. The minimum Gasteiger partial charge on any atom is -0.481 e. The molecule has 0 amide bonds. The number of carboxylic acids is 1. The fraction of sp³-hybridized carbons (Fsp3) is 0.923. The summed E-state index contributed by atoms with van der Waals surface area (Å²) >= 11 is 0. The molecule has 1 unspecified atom stereocenters. The van der Waals surface area contributed by atoms with Crippen LogP contribution in [0.1, 0.15) is 46.5 Å². The molecule has 2 N–H and O–H groups in total. The van der Waals surface area contributed by atoms with Crippen molar-refractivity contribution in [2.75, 3.05) is 19.6 Å². The van der Waals surface area contributed by atoms with Gasteiger partial charge in [0, 0.05) is 18.1 Å². The molecule has 1 aliphatic heterocycles. The van der Waals surface area contributed by atoms with Crippen LogP contribution in [0.3, 0.4) is 0 Å². The van der Waals surface area contributed by atoms with Gasteiger partial charge >= 0.3 is 5.97 Å². The number of hydrogen-bond acceptors (Lipinski definition) is 3. The minimum atomic E-state index is -0.711. The molecule has 1 aliphatic rings. The number of carbonyl (C=O) groups is 1. The van der Waals surface area contributed by atoms with E-state index in [2.05, 4.69) is 31.0 Å². The lowest BCUT2D eigenvalue weighted by Gasteiger charge is -2.37. The van der Waals surface area contributed by atoms with E-state index in [0.29, 0.717) is 0 Å². The number of aliphatic carboxylic acids is 1. The van der Waals surface area contributed by atoms with E-state index in [4.69, 9.17) is 5.11 Å². The van der Waals surface area contributed by atoms with Crippen molar-refractivity contribution in [1.29, 1.82) is 0 Å². The first kappa shape index (κ1) is 14.5. The van der Waals surface area contributed by atoms with Crippen molar-refractivity contribution in [3.05, 3.63) is 0 Å². The largest absolute Gasteiger partial charge is 0.481 e. The van der Waals surface area contributed by atoms with Gasteiger partial charge in [0.05, 0.1) is 6.42 Å². The third-order valence-electron chi connectivity index (χ3n) is 3.67. The van der Waals surface area contributed by atoms with Gasteiger partial charge in [-0.3, -0.25) is 9.69 Å². The molecule has 0 radical (unpaired) electrons. The maximum atomic E-state index is 10.8. The fourth-order valence-electron chi connectivity index (χ4n) is 2.41. The summed E-state index contributed by atoms with van der Waals surface area (Å²) in [5.74, 6) is -0.711. The molecule has 0 aromatic heterocycles. The summed E-state index contributed by atoms with van der Waals surface area (Å²) in [5.41, 5.74) is 0.176. The molecule has 0 aromatic carbocycles. The Labute approximate surface area is 104 Å². The minimum absolute atomic E-state index is 0.0890. The van der Waals surface area contributed by atoms with Crippen LogP contribution in [0, 0.1) is 0 Å². The van der Waals surface area contributed by atoms with Crippen LogP contribution < -0.4 is 5.32 Å². The van der Waals surface area contributed by atoms with Gasteiger partial charge in [0.15, 0.2) is 0 Å². The molecule has 1 rings (SSSR count). The summed E-state index contributed by atoms with van der Waals surface area (Å²) in [6, 6.07) is 0.0890. The zero-order chi connectivity index (χ0) is 12.9. The van der Waals surface area contributed by atoms with Gasteiger partial charge in [-0.15, -0.1) is 0 Å². The van der Waals surface area contributed by atoms with Crippen LogP contribution in [0.25, 0.3) is 0 Å². The second kappa shape index (κ2) is 6.36. The average molecular weight is 242 g/mol. The molecule has 1 heterocycles. The Kier molecular flexibility index (Phi) is 5.40. The molecule has 0 bridgehead atoms. The van der Waals surface area contributed by atoms with Crippen LogP contribution in [0.5, 0.6) is 0 Å². The van der Waals surface area contributed by atoms with Gasteiger partial charge in [0.2, 0.25) is 0 Å². The maximum absolute atomic E-state index is 10.8. The lowest BCUT2D eigenvalue weighted by atomic mass is 9.98. The van der Waals surface area contributed by atoms with Crippen molar-refractivity contribution in [1.82, 2.24) is 10.2 Å². The van der Waals surface area contributed by atoms with Crippen molar-refractivity contribution in [2.45, 2.75) is 58.0 Å². The number of nitrogens with one attached hydrogen (secondary N) is 1. The smallest absolute Gasteiger partial charge is 0.304 e. The molecule has 0 aromatic rings. The number of nitrogens with zero attached hydrogens (tertiary/aromatic N) is 1. The molecule has 4 heteroatoms. The highest BCUT2D eigenvalue weighted by Gasteiger charge is 2.31. The molecule has 100 valence electrons. The molecule has 1 atom stereocenters. The Bertz CT molecular complexity index is 254. The second-order valence-corrected chi connectivity index (χ2v) is 5.61. The quantitative estimate of drug-likeness (QED) is 0.770. The van der Waals surface area contributed by atoms with Gasteiger partial charge in [-0.05, 0) is 39.8 Å². The van der Waals surface area contributed by atoms with E-state index in [0.717, 1.165) is 26.1 Å². The number of hydrogen-bond donors (Lipinski definition) is 2. The molecule has 4 nitrogen and oxygen atoms in total. The van der Waals surface area contributed by atoms with E-state index in [1.807, 2.05) is 0 Å². The third kappa shape index (κ3) is 4.64. The lowest BCUT2D eigenvalue weighted by Crippen LogP contribution is -2.47. The first-order valence-corrected chi connectivity index (χ1v) is 6.66. The fourth-order valence-corrected chi connectivity index (χ4v) is 2.41. The SMILES string of the molecule is CCCCN1CC(CC(=O)O)NCCC1(C)C. The second-order valence-electron chi connectivity index (χ2n) is 5.61. The van der Waals surface area contributed by atoms with Gasteiger partial charge in [0.25, 0.3) is 0 Å². The topological polar surface area (TPSA) is 52.6 Å². The van der Waals surface area contributed by atoms with Crippen molar-refractivity contribution in [2.24, 2.45) is 0 Å². The predicted molar refractivity (Wildman–Crippen MR) is 69.2 cm³/mol. The van der Waals surface area contributed by atoms with Crippen molar-refractivity contribution in [3.63, 3.8) is 0 Å². The van der Waals surface area contributed by atoms with Crippen LogP contribution in [0.2, 0.25) is 0 Å². The molecule has 0 aliphatic carbocycles. The van der Waals surface area contributed by atoms with Crippen molar-refractivity contribution >= 4 is 5.97 Å². The standard InChI is InChI=1S/C13H26N2O2/c1-4-5-8-15-10-11(9-12(16)17)14-7-6-13(15,2)3/h11,14H,4-10H2,1-3H3,(H,16,17). The molecular formula is C13H26N2O2. The molecule has 1 saturated heterocycles. The average Bonchev–Trinajstić information content (AvgIpc) is 2.34. The van der Waals surface area contributed by atoms with Gasteiger partial charge in [0.1, 0.15) is 0 Å². The van der Waals surface area contributed by atoms with Gasteiger partial charge in [-0.25, -0.2) is 0 Å². The zero-order valence-corrected chi connectivity index (χ0v) is 11.3. The highest BCUT2D eigenvalue weighted by atomic mass is 16.4. The molecule has 0 saturated carbocycles. The van der Waals surface area contributed by atoms with E-state index in [9.17, 15) is 4.79 Å². The van der Waals surface area contributed by atoms with Crippen molar-refractivity contribution in [3.8, 4) is 0 Å². The normalized spacial score (nSPS) is 25.5. The van der Waals surface area contributed by atoms with Gasteiger partial charge < -0.3 is 10.4 Å². The van der Waals surface area contributed by atoms with Crippen LogP contribution >= 0.6 is 0 Å². The highest BCUT2D eigenvalue weighted by Crippen LogP contribution is 2.22. The Morgan fingerprint density at radius 2 is 2.24 bits per heavy atom. The Balaban J connectivity index is 2.62. The predicted octanol–water partition coefficient (Wildman–Crippen LogP) is 1.70. The number of carboxylic acid groups (broad SMARTS) is 1. The monoisotopic (exact) mass is 242 g/mol. The third-order valence-corrected chi connectivity index (χ3v) is 3.67. The molecule has 0 spiro atoms. The van der Waals surface area contributed by atoms with Crippen LogP contribution in [-0.2, 0) is 4.79 Å². The summed E-state index contributed by atoms with van der Waals surface area (Å²) < 4.78 is 0. The molecule has 17 heavy (non-hydrogen) atoms. The highest BCUT2D eigenvalue weighted by molar-refractivity contribution is 5.67. The van der Waals surface area contributed by atoms with Gasteiger partial charge in [-0.1, -0.05) is 13.3 Å².